The fourth-order valence-electron chi connectivity index (χ4n) is 4.01. The molecule has 3 amide bonds. The largest absolute Gasteiger partial charge is 0.497 e. The highest BCUT2D eigenvalue weighted by Gasteiger charge is 2.53. The smallest absolute Gasteiger partial charge is 0.271 e. The Labute approximate surface area is 168 Å². The van der Waals surface area contributed by atoms with Gasteiger partial charge in [-0.25, -0.2) is 4.98 Å². The van der Waals surface area contributed by atoms with Gasteiger partial charge >= 0.3 is 0 Å². The summed E-state index contributed by atoms with van der Waals surface area (Å²) >= 11 is 0. The highest BCUT2D eigenvalue weighted by molar-refractivity contribution is 5.96. The molecule has 1 aromatic carbocycles. The molecule has 0 unspecified atom stereocenters. The molecule has 2 N–H and O–H groups in total. The molecule has 0 radical (unpaired) electrons. The van der Waals surface area contributed by atoms with Gasteiger partial charge < -0.3 is 24.8 Å². The number of imidazole rings is 1. The minimum atomic E-state index is -0.764. The van der Waals surface area contributed by atoms with Gasteiger partial charge in [0.15, 0.2) is 0 Å². The summed E-state index contributed by atoms with van der Waals surface area (Å²) in [6.45, 7) is 1.54. The highest BCUT2D eigenvalue weighted by Crippen LogP contribution is 2.37. The van der Waals surface area contributed by atoms with Crippen LogP contribution in [0.5, 0.6) is 5.75 Å². The van der Waals surface area contributed by atoms with Gasteiger partial charge in [0, 0.05) is 26.2 Å². The van der Waals surface area contributed by atoms with Crippen molar-refractivity contribution in [3.8, 4) is 5.75 Å². The maximum absolute atomic E-state index is 13.4. The number of rotatable bonds is 5. The third-order valence-electron chi connectivity index (χ3n) is 5.46. The lowest BCUT2D eigenvalue weighted by molar-refractivity contribution is -0.154. The van der Waals surface area contributed by atoms with Crippen LogP contribution in [0.4, 0.5) is 0 Å². The molecule has 0 bridgehead atoms. The number of carbonyl (C=O) groups is 3. The second-order valence-corrected chi connectivity index (χ2v) is 7.51. The Bertz CT molecular complexity index is 921. The topological polar surface area (TPSA) is 108 Å². The molecular formula is C20H23N5O4. The predicted molar refractivity (Wildman–Crippen MR) is 103 cm³/mol. The van der Waals surface area contributed by atoms with E-state index in [9.17, 15) is 14.4 Å². The fourth-order valence-corrected chi connectivity index (χ4v) is 4.01. The van der Waals surface area contributed by atoms with E-state index in [-0.39, 0.29) is 24.3 Å². The van der Waals surface area contributed by atoms with Crippen LogP contribution in [0.15, 0.2) is 36.8 Å². The lowest BCUT2D eigenvalue weighted by atomic mass is 9.73. The molecule has 1 aromatic heterocycles. The molecule has 4 rings (SSSR count). The van der Waals surface area contributed by atoms with Crippen LogP contribution >= 0.6 is 0 Å². The monoisotopic (exact) mass is 397 g/mol. The van der Waals surface area contributed by atoms with Crippen LogP contribution < -0.4 is 10.1 Å². The first kappa shape index (κ1) is 19.0. The number of aromatic nitrogens is 2. The first-order valence-electron chi connectivity index (χ1n) is 9.47. The van der Waals surface area contributed by atoms with E-state index in [1.807, 2.05) is 24.3 Å². The summed E-state index contributed by atoms with van der Waals surface area (Å²) in [5.74, 6) is 0.273. The first-order valence-corrected chi connectivity index (χ1v) is 9.47. The molecule has 29 heavy (non-hydrogen) atoms. The highest BCUT2D eigenvalue weighted by atomic mass is 16.5. The zero-order chi connectivity index (χ0) is 20.4. The molecule has 3 heterocycles. The maximum Gasteiger partial charge on any atom is 0.271 e. The van der Waals surface area contributed by atoms with Gasteiger partial charge in [-0.05, 0) is 24.1 Å². The number of amides is 3. The molecule has 0 spiro atoms. The van der Waals surface area contributed by atoms with E-state index >= 15 is 0 Å². The number of hydrogen-bond donors (Lipinski definition) is 2. The van der Waals surface area contributed by atoms with Gasteiger partial charge in [0.2, 0.25) is 11.8 Å². The Kier molecular flexibility index (Phi) is 4.96. The number of likely N-dealkylation sites (tertiary alicyclic amines) is 1. The molecular weight excluding hydrogens is 374 g/mol. The maximum atomic E-state index is 13.4. The van der Waals surface area contributed by atoms with Crippen molar-refractivity contribution in [2.45, 2.75) is 6.42 Å². The Balaban J connectivity index is 1.56. The number of ether oxygens (including phenoxy) is 1. The third kappa shape index (κ3) is 3.67. The number of methoxy groups -OCH3 is 1. The molecule has 9 heteroatoms. The summed E-state index contributed by atoms with van der Waals surface area (Å²) in [6, 6.07) is 7.58. The Morgan fingerprint density at radius 3 is 2.79 bits per heavy atom. The summed E-state index contributed by atoms with van der Waals surface area (Å²) < 4.78 is 5.30. The number of benzene rings is 1. The number of nitrogens with zero attached hydrogens (tertiary/aromatic N) is 3. The van der Waals surface area contributed by atoms with Gasteiger partial charge in [0.25, 0.3) is 5.91 Å². The minimum Gasteiger partial charge on any atom is -0.497 e. The lowest BCUT2D eigenvalue weighted by Gasteiger charge is -2.50. The summed E-state index contributed by atoms with van der Waals surface area (Å²) in [6.07, 6.45) is 3.39. The van der Waals surface area contributed by atoms with E-state index in [0.717, 1.165) is 5.56 Å². The van der Waals surface area contributed by atoms with Crippen molar-refractivity contribution in [2.24, 2.45) is 5.41 Å². The molecule has 2 aliphatic heterocycles. The molecule has 2 aliphatic rings. The normalized spacial score (nSPS) is 18.0. The number of piperazine rings is 1. The van der Waals surface area contributed by atoms with Crippen molar-refractivity contribution in [1.82, 2.24) is 25.1 Å². The van der Waals surface area contributed by atoms with Crippen LogP contribution in [0.3, 0.4) is 0 Å². The Morgan fingerprint density at radius 1 is 1.28 bits per heavy atom. The van der Waals surface area contributed by atoms with Crippen LogP contribution in [0.2, 0.25) is 0 Å². The van der Waals surface area contributed by atoms with Gasteiger partial charge in [-0.1, -0.05) is 12.1 Å². The van der Waals surface area contributed by atoms with E-state index in [1.165, 1.54) is 12.5 Å². The van der Waals surface area contributed by atoms with Gasteiger partial charge in [0.05, 0.1) is 31.6 Å². The zero-order valence-corrected chi connectivity index (χ0v) is 16.2. The number of carbonyl (C=O) groups excluding carboxylic acids is 3. The third-order valence-corrected chi connectivity index (χ3v) is 5.46. The lowest BCUT2D eigenvalue weighted by Crippen LogP contribution is -2.67. The molecule has 2 fully saturated rings. The summed E-state index contributed by atoms with van der Waals surface area (Å²) in [5, 5.41) is 2.74. The summed E-state index contributed by atoms with van der Waals surface area (Å²) in [7, 11) is 1.60. The number of H-pyrrole nitrogens is 1. The molecule has 0 atom stereocenters. The zero-order valence-electron chi connectivity index (χ0n) is 16.2. The molecule has 9 nitrogen and oxygen atoms in total. The fraction of sp³-hybridized carbons (Fsp3) is 0.400. The van der Waals surface area contributed by atoms with E-state index in [2.05, 4.69) is 15.3 Å². The van der Waals surface area contributed by atoms with E-state index in [4.69, 9.17) is 4.74 Å². The van der Waals surface area contributed by atoms with Crippen molar-refractivity contribution < 1.29 is 19.1 Å². The Hall–Kier alpha value is -3.36. The van der Waals surface area contributed by atoms with Crippen LogP contribution in [-0.2, 0) is 16.0 Å². The van der Waals surface area contributed by atoms with Crippen molar-refractivity contribution in [1.29, 1.82) is 0 Å². The SMILES string of the molecule is COc1cccc(CC2(C(=O)N3CCNC(=O)C3)CN(C(=O)c3cnc[nH]3)C2)c1. The quantitative estimate of drug-likeness (QED) is 0.742. The first-order chi connectivity index (χ1) is 14.0. The van der Waals surface area contributed by atoms with E-state index in [0.29, 0.717) is 44.0 Å². The van der Waals surface area contributed by atoms with Crippen LogP contribution in [0.1, 0.15) is 16.1 Å². The standard InChI is InChI=1S/C20H23N5O4/c1-29-15-4-2-3-14(7-15)8-20(19(28)24-6-5-22-17(26)10-24)11-25(12-20)18(27)16-9-21-13-23-16/h2-4,7,9,13H,5-6,8,10-12H2,1H3,(H,21,23)(H,22,26). The second-order valence-electron chi connectivity index (χ2n) is 7.51. The van der Waals surface area contributed by atoms with E-state index in [1.54, 1.807) is 16.9 Å². The van der Waals surface area contributed by atoms with E-state index < -0.39 is 5.41 Å². The molecule has 2 saturated heterocycles. The van der Waals surface area contributed by atoms with Gasteiger partial charge in [0.1, 0.15) is 11.4 Å². The predicted octanol–water partition coefficient (Wildman–Crippen LogP) is 0.0616. The number of aromatic amines is 1. The molecule has 2 aromatic rings. The molecule has 152 valence electrons. The average molecular weight is 397 g/mol. The Morgan fingerprint density at radius 2 is 2.10 bits per heavy atom. The van der Waals surface area contributed by atoms with Crippen LogP contribution in [-0.4, -0.2) is 77.3 Å². The summed E-state index contributed by atoms with van der Waals surface area (Å²) in [4.78, 5) is 47.8. The van der Waals surface area contributed by atoms with Crippen molar-refractivity contribution in [2.75, 3.05) is 39.8 Å². The average Bonchev–Trinajstić information content (AvgIpc) is 3.24. The molecule has 0 saturated carbocycles. The van der Waals surface area contributed by atoms with Crippen molar-refractivity contribution in [3.05, 3.63) is 48.0 Å². The van der Waals surface area contributed by atoms with Crippen molar-refractivity contribution >= 4 is 17.7 Å². The number of nitrogens with one attached hydrogen (secondary N) is 2. The summed E-state index contributed by atoms with van der Waals surface area (Å²) in [5.41, 5.74) is 0.581. The van der Waals surface area contributed by atoms with Gasteiger partial charge in [-0.15, -0.1) is 0 Å². The van der Waals surface area contributed by atoms with Crippen LogP contribution in [0, 0.1) is 5.41 Å². The van der Waals surface area contributed by atoms with Gasteiger partial charge in [-0.2, -0.15) is 0 Å². The minimum absolute atomic E-state index is 0.0488. The van der Waals surface area contributed by atoms with Crippen LogP contribution in [0.25, 0.3) is 0 Å². The van der Waals surface area contributed by atoms with Crippen molar-refractivity contribution in [3.63, 3.8) is 0 Å². The second kappa shape index (κ2) is 7.57. The number of hydrogen-bond acceptors (Lipinski definition) is 5. The molecule has 0 aliphatic carbocycles. The van der Waals surface area contributed by atoms with Gasteiger partial charge in [-0.3, -0.25) is 14.4 Å².